The van der Waals surface area contributed by atoms with E-state index in [0.717, 1.165) is 4.68 Å². The lowest BCUT2D eigenvalue weighted by Gasteiger charge is -2.08. The Bertz CT molecular complexity index is 404. The predicted molar refractivity (Wildman–Crippen MR) is 40.6 cm³/mol. The molecule has 0 spiro atoms. The van der Waals surface area contributed by atoms with Crippen molar-refractivity contribution in [2.24, 2.45) is 7.05 Å². The lowest BCUT2D eigenvalue weighted by Crippen LogP contribution is -2.19. The summed E-state index contributed by atoms with van der Waals surface area (Å²) >= 11 is 0. The van der Waals surface area contributed by atoms with Crippen LogP contribution in [0.1, 0.15) is 17.0 Å². The van der Waals surface area contributed by atoms with Crippen LogP contribution in [0.25, 0.3) is 0 Å². The first-order chi connectivity index (χ1) is 6.71. The minimum Gasteiger partial charge on any atom is -0.272 e. The molecule has 84 valence electrons. The van der Waals surface area contributed by atoms with E-state index < -0.39 is 30.6 Å². The highest BCUT2D eigenvalue weighted by atomic mass is 19.4. The van der Waals surface area contributed by atoms with E-state index >= 15 is 0 Å². The molecule has 0 bridgehead atoms. The molecule has 15 heavy (non-hydrogen) atoms. The molecular formula is C8H7F5N2. The number of hydrogen-bond acceptors (Lipinski definition) is 1. The van der Waals surface area contributed by atoms with Crippen molar-refractivity contribution in [3.63, 3.8) is 0 Å². The van der Waals surface area contributed by atoms with Crippen molar-refractivity contribution in [2.45, 2.75) is 24.9 Å². The summed E-state index contributed by atoms with van der Waals surface area (Å²) in [6.07, 6.45) is -6.20. The van der Waals surface area contributed by atoms with E-state index in [1.807, 2.05) is 0 Å². The number of hydrogen-bond donors (Lipinski definition) is 0. The maximum absolute atomic E-state index is 12.9. The molecule has 1 heterocycles. The van der Waals surface area contributed by atoms with Crippen molar-refractivity contribution in [1.82, 2.24) is 9.78 Å². The number of aromatic nitrogens is 2. The molecular weight excluding hydrogens is 219 g/mol. The van der Waals surface area contributed by atoms with E-state index in [1.54, 1.807) is 0 Å². The van der Waals surface area contributed by atoms with Gasteiger partial charge in [-0.2, -0.15) is 18.3 Å². The molecule has 0 unspecified atom stereocenters. The van der Waals surface area contributed by atoms with Crippen LogP contribution in [0, 0.1) is 0 Å². The van der Waals surface area contributed by atoms with Crippen molar-refractivity contribution in [2.75, 3.05) is 0 Å². The van der Waals surface area contributed by atoms with Crippen molar-refractivity contribution < 1.29 is 22.0 Å². The zero-order valence-corrected chi connectivity index (χ0v) is 7.70. The fraction of sp³-hybridized carbons (Fsp3) is 0.625. The normalized spacial score (nSPS) is 19.3. The van der Waals surface area contributed by atoms with E-state index in [2.05, 4.69) is 5.10 Å². The predicted octanol–water partition coefficient (Wildman–Crippen LogP) is 2.17. The quantitative estimate of drug-likeness (QED) is 0.620. The van der Waals surface area contributed by atoms with Crippen LogP contribution in [-0.2, 0) is 26.1 Å². The molecule has 0 aromatic carbocycles. The molecule has 2 rings (SSSR count). The van der Waals surface area contributed by atoms with Crippen molar-refractivity contribution in [1.29, 1.82) is 0 Å². The fourth-order valence-electron chi connectivity index (χ4n) is 1.80. The number of nitrogens with zero attached hydrogens (tertiary/aromatic N) is 2. The van der Waals surface area contributed by atoms with Gasteiger partial charge in [-0.3, -0.25) is 4.68 Å². The fourth-order valence-corrected chi connectivity index (χ4v) is 1.80. The molecule has 0 saturated carbocycles. The van der Waals surface area contributed by atoms with Gasteiger partial charge in [0.05, 0.1) is 6.42 Å². The van der Waals surface area contributed by atoms with Crippen LogP contribution in [0.3, 0.4) is 0 Å². The monoisotopic (exact) mass is 226 g/mol. The molecule has 1 aromatic heterocycles. The summed E-state index contributed by atoms with van der Waals surface area (Å²) in [6, 6.07) is 0. The molecule has 0 amide bonds. The third-order valence-corrected chi connectivity index (χ3v) is 2.40. The van der Waals surface area contributed by atoms with Crippen LogP contribution in [0.15, 0.2) is 0 Å². The van der Waals surface area contributed by atoms with Gasteiger partial charge in [0, 0.05) is 24.7 Å². The molecule has 2 nitrogen and oxygen atoms in total. The molecule has 0 N–H and O–H groups in total. The Morgan fingerprint density at radius 1 is 1.27 bits per heavy atom. The molecule has 0 fully saturated rings. The van der Waals surface area contributed by atoms with Gasteiger partial charge in [-0.1, -0.05) is 0 Å². The number of fused-ring (bicyclic) bond motifs is 1. The zero-order chi connectivity index (χ0) is 11.4. The van der Waals surface area contributed by atoms with Gasteiger partial charge in [0.15, 0.2) is 5.69 Å². The van der Waals surface area contributed by atoms with Crippen LogP contribution >= 0.6 is 0 Å². The van der Waals surface area contributed by atoms with E-state index in [4.69, 9.17) is 0 Å². The van der Waals surface area contributed by atoms with Crippen LogP contribution < -0.4 is 0 Å². The smallest absolute Gasteiger partial charge is 0.272 e. The van der Waals surface area contributed by atoms with Crippen LogP contribution in [0.2, 0.25) is 0 Å². The number of rotatable bonds is 0. The van der Waals surface area contributed by atoms with Crippen LogP contribution in [0.5, 0.6) is 0 Å². The highest BCUT2D eigenvalue weighted by Crippen LogP contribution is 2.41. The second-order valence-corrected chi connectivity index (χ2v) is 3.60. The minimum absolute atomic E-state index is 0.0210. The lowest BCUT2D eigenvalue weighted by atomic mass is 10.2. The maximum atomic E-state index is 12.9. The molecule has 0 aliphatic heterocycles. The summed E-state index contributed by atoms with van der Waals surface area (Å²) in [5.41, 5.74) is -1.57. The van der Waals surface area contributed by atoms with E-state index in [-0.39, 0.29) is 11.3 Å². The largest absolute Gasteiger partial charge is 0.435 e. The average molecular weight is 226 g/mol. The Morgan fingerprint density at radius 3 is 2.40 bits per heavy atom. The Kier molecular flexibility index (Phi) is 1.87. The SMILES string of the molecule is Cn1nc(C(F)(F)F)c2c1CC(F)(F)C2. The summed E-state index contributed by atoms with van der Waals surface area (Å²) < 4.78 is 63.9. The van der Waals surface area contributed by atoms with Gasteiger partial charge in [0.2, 0.25) is 0 Å². The molecule has 0 radical (unpaired) electrons. The van der Waals surface area contributed by atoms with Crippen LogP contribution in [-0.4, -0.2) is 15.7 Å². The van der Waals surface area contributed by atoms with Crippen molar-refractivity contribution in [3.05, 3.63) is 17.0 Å². The standard InChI is InChI=1S/C8H7F5N2/c1-15-5-3-7(9,10)2-4(5)6(14-15)8(11,12)13/h2-3H2,1H3. The average Bonchev–Trinajstić information content (AvgIpc) is 2.45. The first kappa shape index (κ1) is 10.4. The third kappa shape index (κ3) is 1.59. The summed E-state index contributed by atoms with van der Waals surface area (Å²) in [5.74, 6) is -3.08. The molecule has 1 aromatic rings. The highest BCUT2D eigenvalue weighted by molar-refractivity contribution is 5.35. The maximum Gasteiger partial charge on any atom is 0.435 e. The molecule has 0 atom stereocenters. The van der Waals surface area contributed by atoms with E-state index in [9.17, 15) is 22.0 Å². The number of halogens is 5. The lowest BCUT2D eigenvalue weighted by molar-refractivity contribution is -0.142. The van der Waals surface area contributed by atoms with Gasteiger partial charge in [0.25, 0.3) is 5.92 Å². The zero-order valence-electron chi connectivity index (χ0n) is 7.70. The topological polar surface area (TPSA) is 17.8 Å². The van der Waals surface area contributed by atoms with Gasteiger partial charge in [0.1, 0.15) is 0 Å². The molecule has 1 aliphatic carbocycles. The Morgan fingerprint density at radius 2 is 1.87 bits per heavy atom. The molecule has 0 saturated heterocycles. The third-order valence-electron chi connectivity index (χ3n) is 2.40. The van der Waals surface area contributed by atoms with Gasteiger partial charge < -0.3 is 0 Å². The number of aryl methyl sites for hydroxylation is 1. The summed E-state index contributed by atoms with van der Waals surface area (Å²) in [7, 11) is 1.25. The number of alkyl halides is 5. The van der Waals surface area contributed by atoms with Gasteiger partial charge >= 0.3 is 6.18 Å². The second kappa shape index (κ2) is 2.70. The van der Waals surface area contributed by atoms with Gasteiger partial charge in [-0.25, -0.2) is 8.78 Å². The summed E-state index contributed by atoms with van der Waals surface area (Å²) in [6.45, 7) is 0. The van der Waals surface area contributed by atoms with Crippen molar-refractivity contribution >= 4 is 0 Å². The van der Waals surface area contributed by atoms with Gasteiger partial charge in [-0.05, 0) is 0 Å². The highest BCUT2D eigenvalue weighted by Gasteiger charge is 2.47. The van der Waals surface area contributed by atoms with Crippen molar-refractivity contribution in [3.8, 4) is 0 Å². The van der Waals surface area contributed by atoms with Gasteiger partial charge in [-0.15, -0.1) is 0 Å². The Hall–Kier alpha value is -1.14. The Labute approximate surface area is 81.7 Å². The second-order valence-electron chi connectivity index (χ2n) is 3.60. The minimum atomic E-state index is -4.66. The molecule has 1 aliphatic rings. The first-order valence-corrected chi connectivity index (χ1v) is 4.20. The summed E-state index contributed by atoms with van der Waals surface area (Å²) in [4.78, 5) is 0. The first-order valence-electron chi connectivity index (χ1n) is 4.20. The van der Waals surface area contributed by atoms with E-state index in [0.29, 0.717) is 0 Å². The summed E-state index contributed by atoms with van der Waals surface area (Å²) in [5, 5.41) is 3.23. The van der Waals surface area contributed by atoms with Crippen LogP contribution in [0.4, 0.5) is 22.0 Å². The Balaban J connectivity index is 2.52. The molecule has 7 heteroatoms. The van der Waals surface area contributed by atoms with E-state index in [1.165, 1.54) is 7.05 Å².